The van der Waals surface area contributed by atoms with E-state index in [2.05, 4.69) is 5.32 Å². The minimum atomic E-state index is -1.21. The fourth-order valence-electron chi connectivity index (χ4n) is 1.88. The number of carbonyl (C=O) groups excluding carboxylic acids is 2. The van der Waals surface area contributed by atoms with Crippen LogP contribution in [0.2, 0.25) is 0 Å². The third kappa shape index (κ3) is 3.69. The van der Waals surface area contributed by atoms with Crippen molar-refractivity contribution in [2.24, 2.45) is 0 Å². The molecule has 0 aromatic heterocycles. The summed E-state index contributed by atoms with van der Waals surface area (Å²) in [6, 6.07) is 8.48. The van der Waals surface area contributed by atoms with Crippen LogP contribution in [0.4, 0.5) is 4.79 Å². The second-order valence-corrected chi connectivity index (χ2v) is 4.31. The zero-order valence-corrected chi connectivity index (χ0v) is 10.4. The lowest BCUT2D eigenvalue weighted by molar-refractivity contribution is -0.309. The number of nitrogens with zero attached hydrogens (tertiary/aromatic N) is 1. The maximum Gasteiger partial charge on any atom is 0.410 e. The topological polar surface area (TPSA) is 81.7 Å². The van der Waals surface area contributed by atoms with Gasteiger partial charge in [-0.1, -0.05) is 30.3 Å². The van der Waals surface area contributed by atoms with Gasteiger partial charge in [0.25, 0.3) is 0 Å². The van der Waals surface area contributed by atoms with Crippen LogP contribution in [0.15, 0.2) is 30.3 Å². The monoisotopic (exact) mass is 263 g/mol. The van der Waals surface area contributed by atoms with Gasteiger partial charge < -0.3 is 24.9 Å². The highest BCUT2D eigenvalue weighted by atomic mass is 16.6. The lowest BCUT2D eigenvalue weighted by Crippen LogP contribution is -2.59. The molecule has 1 heterocycles. The van der Waals surface area contributed by atoms with E-state index in [1.807, 2.05) is 30.3 Å². The third-order valence-corrected chi connectivity index (χ3v) is 2.92. The average Bonchev–Trinajstić information content (AvgIpc) is 2.46. The lowest BCUT2D eigenvalue weighted by Gasteiger charge is -2.33. The molecule has 6 heteroatoms. The Kier molecular flexibility index (Phi) is 4.35. The second kappa shape index (κ2) is 6.19. The summed E-state index contributed by atoms with van der Waals surface area (Å²) in [4.78, 5) is 23.9. The number of carbonyl (C=O) groups is 2. The predicted molar refractivity (Wildman–Crippen MR) is 65.0 cm³/mol. The highest BCUT2D eigenvalue weighted by Crippen LogP contribution is 2.05. The van der Waals surface area contributed by atoms with Crippen molar-refractivity contribution >= 4 is 12.1 Å². The van der Waals surface area contributed by atoms with Crippen LogP contribution in [0.1, 0.15) is 5.56 Å². The Bertz CT molecular complexity index is 449. The van der Waals surface area contributed by atoms with Crippen LogP contribution in [0.25, 0.3) is 0 Å². The normalized spacial score (nSPS) is 18.9. The van der Waals surface area contributed by atoms with Crippen LogP contribution in [-0.4, -0.2) is 42.6 Å². The summed E-state index contributed by atoms with van der Waals surface area (Å²) in [5.41, 5.74) is 0.891. The maximum absolute atomic E-state index is 11.8. The number of hydrogen-bond donors (Lipinski definition) is 1. The fourth-order valence-corrected chi connectivity index (χ4v) is 1.88. The molecule has 2 rings (SSSR count). The van der Waals surface area contributed by atoms with E-state index in [4.69, 9.17) is 4.74 Å². The molecule has 0 radical (unpaired) electrons. The first-order valence-corrected chi connectivity index (χ1v) is 6.06. The number of nitrogens with one attached hydrogen (secondary N) is 1. The Hall–Kier alpha value is -2.08. The number of carboxylic acids is 1. The van der Waals surface area contributed by atoms with Gasteiger partial charge in [-0.25, -0.2) is 4.79 Å². The van der Waals surface area contributed by atoms with Crippen molar-refractivity contribution in [1.29, 1.82) is 0 Å². The van der Waals surface area contributed by atoms with Gasteiger partial charge in [-0.2, -0.15) is 0 Å². The second-order valence-electron chi connectivity index (χ2n) is 4.31. The van der Waals surface area contributed by atoms with Gasteiger partial charge in [0, 0.05) is 19.6 Å². The minimum Gasteiger partial charge on any atom is -0.548 e. The van der Waals surface area contributed by atoms with Crippen molar-refractivity contribution in [2.45, 2.75) is 12.6 Å². The molecule has 1 amide bonds. The van der Waals surface area contributed by atoms with Gasteiger partial charge in [-0.05, 0) is 5.56 Å². The summed E-state index contributed by atoms with van der Waals surface area (Å²) in [7, 11) is 0. The quantitative estimate of drug-likeness (QED) is 0.783. The highest BCUT2D eigenvalue weighted by Gasteiger charge is 2.24. The fraction of sp³-hybridized carbons (Fsp3) is 0.385. The first kappa shape index (κ1) is 13.4. The van der Waals surface area contributed by atoms with Crippen molar-refractivity contribution in [1.82, 2.24) is 10.2 Å². The summed E-state index contributed by atoms with van der Waals surface area (Å²) in [6.07, 6.45) is -0.503. The number of aliphatic carboxylic acids is 1. The molecule has 0 spiro atoms. The first-order valence-electron chi connectivity index (χ1n) is 6.06. The van der Waals surface area contributed by atoms with Crippen LogP contribution in [0, 0.1) is 0 Å². The van der Waals surface area contributed by atoms with Crippen LogP contribution in [0.3, 0.4) is 0 Å². The van der Waals surface area contributed by atoms with Gasteiger partial charge >= 0.3 is 6.09 Å². The molecular formula is C13H15N2O4-. The van der Waals surface area contributed by atoms with Crippen molar-refractivity contribution in [2.75, 3.05) is 19.6 Å². The van der Waals surface area contributed by atoms with E-state index >= 15 is 0 Å². The number of amides is 1. The standard InChI is InChI=1S/C13H16N2O4/c16-12(17)11-8-15(7-6-14-11)13(18)19-9-10-4-2-1-3-5-10/h1-5,11,14H,6-9H2,(H,16,17)/p-1/t11-/m0/s1. The van der Waals surface area contributed by atoms with Gasteiger partial charge in [0.15, 0.2) is 0 Å². The molecule has 1 aliphatic heterocycles. The SMILES string of the molecule is O=C([O-])[C@@H]1CN(C(=O)OCc2ccccc2)CCN1. The van der Waals surface area contributed by atoms with Crippen molar-refractivity contribution in [3.63, 3.8) is 0 Å². The average molecular weight is 263 g/mol. The summed E-state index contributed by atoms with van der Waals surface area (Å²) < 4.78 is 5.14. The Morgan fingerprint density at radius 2 is 2.11 bits per heavy atom. The zero-order chi connectivity index (χ0) is 13.7. The third-order valence-electron chi connectivity index (χ3n) is 2.92. The summed E-state index contributed by atoms with van der Waals surface area (Å²) in [6.45, 7) is 1.09. The largest absolute Gasteiger partial charge is 0.548 e. The van der Waals surface area contributed by atoms with Gasteiger partial charge in [0.2, 0.25) is 0 Å². The molecule has 1 atom stereocenters. The molecule has 6 nitrogen and oxygen atoms in total. The molecule has 102 valence electrons. The smallest absolute Gasteiger partial charge is 0.410 e. The van der Waals surface area contributed by atoms with Crippen LogP contribution in [0.5, 0.6) is 0 Å². The summed E-state index contributed by atoms with van der Waals surface area (Å²) in [5.74, 6) is -1.21. The van der Waals surface area contributed by atoms with Crippen molar-refractivity contribution < 1.29 is 19.4 Å². The van der Waals surface area contributed by atoms with E-state index in [0.29, 0.717) is 13.1 Å². The number of benzene rings is 1. The number of ether oxygens (including phenoxy) is 1. The summed E-state index contributed by atoms with van der Waals surface area (Å²) in [5, 5.41) is 13.5. The zero-order valence-electron chi connectivity index (χ0n) is 10.4. The number of rotatable bonds is 3. The molecule has 0 unspecified atom stereocenters. The Morgan fingerprint density at radius 1 is 1.37 bits per heavy atom. The van der Waals surface area contributed by atoms with Crippen LogP contribution < -0.4 is 10.4 Å². The molecule has 1 N–H and O–H groups in total. The van der Waals surface area contributed by atoms with Crippen molar-refractivity contribution in [3.05, 3.63) is 35.9 Å². The molecular weight excluding hydrogens is 248 g/mol. The van der Waals surface area contributed by atoms with Gasteiger partial charge in [-0.15, -0.1) is 0 Å². The summed E-state index contributed by atoms with van der Waals surface area (Å²) >= 11 is 0. The maximum atomic E-state index is 11.8. The van der Waals surface area contributed by atoms with E-state index in [1.54, 1.807) is 0 Å². The number of piperazine rings is 1. The van der Waals surface area contributed by atoms with E-state index in [-0.39, 0.29) is 13.2 Å². The highest BCUT2D eigenvalue weighted by molar-refractivity contribution is 5.74. The van der Waals surface area contributed by atoms with Crippen molar-refractivity contribution in [3.8, 4) is 0 Å². The molecule has 1 saturated heterocycles. The first-order chi connectivity index (χ1) is 9.16. The lowest BCUT2D eigenvalue weighted by atomic mass is 10.2. The molecule has 19 heavy (non-hydrogen) atoms. The Morgan fingerprint density at radius 3 is 2.79 bits per heavy atom. The molecule has 1 aromatic rings. The number of carboxylic acid groups (broad SMARTS) is 1. The molecule has 1 aliphatic rings. The van der Waals surface area contributed by atoms with Crippen LogP contribution in [-0.2, 0) is 16.1 Å². The molecule has 0 bridgehead atoms. The number of hydrogen-bond acceptors (Lipinski definition) is 5. The van der Waals surface area contributed by atoms with E-state index in [9.17, 15) is 14.7 Å². The molecule has 0 aliphatic carbocycles. The Balaban J connectivity index is 1.84. The van der Waals surface area contributed by atoms with Crippen LogP contribution >= 0.6 is 0 Å². The predicted octanol–water partition coefficient (Wildman–Crippen LogP) is -0.653. The molecule has 1 aromatic carbocycles. The van der Waals surface area contributed by atoms with E-state index in [1.165, 1.54) is 4.90 Å². The van der Waals surface area contributed by atoms with Gasteiger partial charge in [0.05, 0.1) is 12.0 Å². The van der Waals surface area contributed by atoms with Gasteiger partial charge in [0.1, 0.15) is 6.61 Å². The molecule has 1 fully saturated rings. The van der Waals surface area contributed by atoms with Gasteiger partial charge in [-0.3, -0.25) is 0 Å². The van der Waals surface area contributed by atoms with E-state index in [0.717, 1.165) is 5.56 Å². The molecule has 0 saturated carbocycles. The van der Waals surface area contributed by atoms with E-state index < -0.39 is 18.1 Å². The minimum absolute atomic E-state index is 0.0654. The Labute approximate surface area is 111 Å².